The van der Waals surface area contributed by atoms with E-state index in [0.29, 0.717) is 0 Å². The van der Waals surface area contributed by atoms with E-state index in [-0.39, 0.29) is 18.1 Å². The van der Waals surface area contributed by atoms with Gasteiger partial charge in [-0.2, -0.15) is 0 Å². The Hall–Kier alpha value is -1.84. The topological polar surface area (TPSA) is 41.9 Å². The maximum atomic E-state index is 13.0. The van der Waals surface area contributed by atoms with Crippen LogP contribution in [0.25, 0.3) is 0 Å². The molecule has 0 aliphatic heterocycles. The van der Waals surface area contributed by atoms with Crippen LogP contribution in [-0.4, -0.2) is 31.0 Å². The van der Waals surface area contributed by atoms with Crippen LogP contribution in [-0.2, 0) is 9.53 Å². The SMILES string of the molecule is CC/C(=N\C)N(CC(=O)OC12CC3CC(CC(C3)C1)C2)c1ccccc1C. The number of amidine groups is 1. The molecule has 4 aliphatic rings. The van der Waals surface area contributed by atoms with Crippen LogP contribution < -0.4 is 4.90 Å². The first-order valence-electron chi connectivity index (χ1n) is 10.5. The molecular formula is C23H32N2O2. The average molecular weight is 369 g/mol. The molecule has 0 atom stereocenters. The van der Waals surface area contributed by atoms with E-state index in [4.69, 9.17) is 4.74 Å². The predicted octanol–water partition coefficient (Wildman–Crippen LogP) is 4.75. The van der Waals surface area contributed by atoms with Gasteiger partial charge in [0.1, 0.15) is 18.0 Å². The van der Waals surface area contributed by atoms with Gasteiger partial charge in [0, 0.05) is 19.2 Å². The molecule has 4 bridgehead atoms. The minimum atomic E-state index is -0.182. The van der Waals surface area contributed by atoms with Crippen LogP contribution in [0.5, 0.6) is 0 Å². The van der Waals surface area contributed by atoms with E-state index in [9.17, 15) is 4.79 Å². The standard InChI is InChI=1S/C23H32N2O2/c1-4-21(24-3)25(20-8-6-5-7-16(20)2)15-22(26)27-23-12-17-9-18(13-23)11-19(10-17)14-23/h5-8,17-19H,4,9-15H2,1-3H3/b24-21+. The van der Waals surface area contributed by atoms with Crippen molar-refractivity contribution in [1.82, 2.24) is 0 Å². The maximum absolute atomic E-state index is 13.0. The summed E-state index contributed by atoms with van der Waals surface area (Å²) in [6.45, 7) is 4.40. The van der Waals surface area contributed by atoms with Crippen molar-refractivity contribution < 1.29 is 9.53 Å². The molecule has 0 saturated heterocycles. The minimum absolute atomic E-state index is 0.102. The Kier molecular flexibility index (Phi) is 5.00. The molecule has 0 amide bonds. The largest absolute Gasteiger partial charge is 0.458 e. The Balaban J connectivity index is 1.51. The molecule has 5 rings (SSSR count). The molecule has 146 valence electrons. The number of rotatable bonds is 5. The minimum Gasteiger partial charge on any atom is -0.458 e. The molecule has 0 unspecified atom stereocenters. The third-order valence-electron chi connectivity index (χ3n) is 6.89. The molecule has 1 aromatic carbocycles. The van der Waals surface area contributed by atoms with E-state index < -0.39 is 0 Å². The van der Waals surface area contributed by atoms with Gasteiger partial charge in [0.15, 0.2) is 0 Å². The quantitative estimate of drug-likeness (QED) is 0.428. The first-order chi connectivity index (χ1) is 13.0. The fourth-order valence-corrected chi connectivity index (χ4v) is 6.21. The number of hydrogen-bond donors (Lipinski definition) is 0. The summed E-state index contributed by atoms with van der Waals surface area (Å²) >= 11 is 0. The zero-order valence-corrected chi connectivity index (χ0v) is 16.9. The van der Waals surface area contributed by atoms with Crippen LogP contribution in [0.15, 0.2) is 29.3 Å². The molecule has 4 heteroatoms. The van der Waals surface area contributed by atoms with Crippen molar-refractivity contribution >= 4 is 17.5 Å². The highest BCUT2D eigenvalue weighted by atomic mass is 16.6. The maximum Gasteiger partial charge on any atom is 0.326 e. The molecule has 1 aromatic rings. The van der Waals surface area contributed by atoms with Gasteiger partial charge in [-0.1, -0.05) is 25.1 Å². The van der Waals surface area contributed by atoms with Crippen molar-refractivity contribution in [2.75, 3.05) is 18.5 Å². The average Bonchev–Trinajstić information content (AvgIpc) is 2.60. The molecule has 4 fully saturated rings. The number of ether oxygens (including phenoxy) is 1. The van der Waals surface area contributed by atoms with E-state index in [1.54, 1.807) is 7.05 Å². The van der Waals surface area contributed by atoms with Gasteiger partial charge in [-0.3, -0.25) is 9.79 Å². The van der Waals surface area contributed by atoms with Crippen LogP contribution >= 0.6 is 0 Å². The Morgan fingerprint density at radius 3 is 2.26 bits per heavy atom. The Morgan fingerprint density at radius 1 is 1.15 bits per heavy atom. The number of carbonyl (C=O) groups excluding carboxylic acids is 1. The lowest BCUT2D eigenvalue weighted by Crippen LogP contribution is -2.53. The van der Waals surface area contributed by atoms with Gasteiger partial charge in [0.2, 0.25) is 0 Å². The first kappa shape index (κ1) is 18.5. The smallest absolute Gasteiger partial charge is 0.326 e. The van der Waals surface area contributed by atoms with E-state index in [1.165, 1.54) is 19.3 Å². The van der Waals surface area contributed by atoms with Crippen LogP contribution in [0.4, 0.5) is 5.69 Å². The zero-order chi connectivity index (χ0) is 19.0. The number of esters is 1. The van der Waals surface area contributed by atoms with Crippen molar-refractivity contribution in [3.8, 4) is 0 Å². The van der Waals surface area contributed by atoms with E-state index in [1.807, 2.05) is 17.0 Å². The molecule has 4 nitrogen and oxygen atoms in total. The highest BCUT2D eigenvalue weighted by Gasteiger charge is 2.53. The number of nitrogens with zero attached hydrogens (tertiary/aromatic N) is 2. The predicted molar refractivity (Wildman–Crippen MR) is 109 cm³/mol. The van der Waals surface area contributed by atoms with E-state index in [0.717, 1.165) is 60.5 Å². The first-order valence-corrected chi connectivity index (χ1v) is 10.5. The van der Waals surface area contributed by atoms with Gasteiger partial charge in [0.25, 0.3) is 0 Å². The molecule has 4 saturated carbocycles. The van der Waals surface area contributed by atoms with E-state index in [2.05, 4.69) is 31.0 Å². The molecule has 4 aliphatic carbocycles. The summed E-state index contributed by atoms with van der Waals surface area (Å²) in [6.07, 6.45) is 8.10. The highest BCUT2D eigenvalue weighted by Crippen LogP contribution is 2.57. The van der Waals surface area contributed by atoms with Crippen molar-refractivity contribution in [2.24, 2.45) is 22.7 Å². The molecular weight excluding hydrogens is 336 g/mol. The second kappa shape index (κ2) is 7.29. The zero-order valence-electron chi connectivity index (χ0n) is 16.9. The summed E-state index contributed by atoms with van der Waals surface area (Å²) in [5, 5.41) is 0. The summed E-state index contributed by atoms with van der Waals surface area (Å²) in [6, 6.07) is 8.19. The van der Waals surface area contributed by atoms with Gasteiger partial charge in [-0.05, 0) is 74.8 Å². The molecule has 0 spiro atoms. The molecule has 27 heavy (non-hydrogen) atoms. The van der Waals surface area contributed by atoms with Gasteiger partial charge in [0.05, 0.1) is 0 Å². The normalized spacial score (nSPS) is 31.8. The number of anilines is 1. The number of aliphatic imine (C=N–C) groups is 1. The fraction of sp³-hybridized carbons (Fsp3) is 0.652. The summed E-state index contributed by atoms with van der Waals surface area (Å²) in [5.41, 5.74) is 2.01. The number of hydrogen-bond acceptors (Lipinski definition) is 3. The van der Waals surface area contributed by atoms with Gasteiger partial charge < -0.3 is 9.64 Å². The third kappa shape index (κ3) is 3.63. The Morgan fingerprint density at radius 2 is 1.74 bits per heavy atom. The van der Waals surface area contributed by atoms with Gasteiger partial charge in [-0.25, -0.2) is 0 Å². The fourth-order valence-electron chi connectivity index (χ4n) is 6.21. The van der Waals surface area contributed by atoms with Crippen molar-refractivity contribution in [3.63, 3.8) is 0 Å². The number of para-hydroxylation sites is 1. The Bertz CT molecular complexity index is 704. The molecule has 0 heterocycles. The van der Waals surface area contributed by atoms with Crippen molar-refractivity contribution in [1.29, 1.82) is 0 Å². The molecule has 0 aromatic heterocycles. The van der Waals surface area contributed by atoms with Crippen LogP contribution in [0.3, 0.4) is 0 Å². The monoisotopic (exact) mass is 368 g/mol. The van der Waals surface area contributed by atoms with Crippen molar-refractivity contribution in [2.45, 2.75) is 64.4 Å². The lowest BCUT2D eigenvalue weighted by atomic mass is 9.54. The lowest BCUT2D eigenvalue weighted by molar-refractivity contribution is -0.184. The second-order valence-corrected chi connectivity index (χ2v) is 8.94. The van der Waals surface area contributed by atoms with Gasteiger partial charge in [-0.15, -0.1) is 0 Å². The van der Waals surface area contributed by atoms with E-state index >= 15 is 0 Å². The van der Waals surface area contributed by atoms with Crippen LogP contribution in [0.1, 0.15) is 57.4 Å². The summed E-state index contributed by atoms with van der Waals surface area (Å²) < 4.78 is 6.25. The summed E-state index contributed by atoms with van der Waals surface area (Å²) in [5.74, 6) is 3.15. The summed E-state index contributed by atoms with van der Waals surface area (Å²) in [4.78, 5) is 19.5. The second-order valence-electron chi connectivity index (χ2n) is 8.94. The number of aryl methyl sites for hydroxylation is 1. The number of carbonyl (C=O) groups is 1. The Labute approximate surface area is 163 Å². The lowest BCUT2D eigenvalue weighted by Gasteiger charge is -2.55. The van der Waals surface area contributed by atoms with Crippen LogP contribution in [0.2, 0.25) is 0 Å². The number of benzene rings is 1. The van der Waals surface area contributed by atoms with Gasteiger partial charge >= 0.3 is 5.97 Å². The highest BCUT2D eigenvalue weighted by molar-refractivity contribution is 6.01. The molecule has 0 radical (unpaired) electrons. The third-order valence-corrected chi connectivity index (χ3v) is 6.89. The summed E-state index contributed by atoms with van der Waals surface area (Å²) in [7, 11) is 1.80. The van der Waals surface area contributed by atoms with Crippen LogP contribution in [0, 0.1) is 24.7 Å². The molecule has 0 N–H and O–H groups in total. The van der Waals surface area contributed by atoms with Crippen molar-refractivity contribution in [3.05, 3.63) is 29.8 Å².